The molecule has 1 unspecified atom stereocenters. The van der Waals surface area contributed by atoms with Gasteiger partial charge in [0.25, 0.3) is 0 Å². The van der Waals surface area contributed by atoms with Crippen LogP contribution in [-0.4, -0.2) is 55.4 Å². The van der Waals surface area contributed by atoms with Crippen LogP contribution in [0.3, 0.4) is 0 Å². The number of halogens is 2. The van der Waals surface area contributed by atoms with Crippen molar-refractivity contribution in [2.45, 2.75) is 6.10 Å². The van der Waals surface area contributed by atoms with E-state index in [4.69, 9.17) is 20.9 Å². The van der Waals surface area contributed by atoms with E-state index in [0.29, 0.717) is 17.1 Å². The Morgan fingerprint density at radius 2 is 2.19 bits per heavy atom. The maximum Gasteiger partial charge on any atom is 0.421 e. The largest absolute Gasteiger partial charge is 0.441 e. The van der Waals surface area contributed by atoms with Gasteiger partial charge in [0.2, 0.25) is 5.82 Å². The molecule has 1 fully saturated rings. The number of carbonyl (C=O) groups is 1. The van der Waals surface area contributed by atoms with Crippen LogP contribution in [0.5, 0.6) is 0 Å². The molecule has 0 saturated carbocycles. The summed E-state index contributed by atoms with van der Waals surface area (Å²) in [7, 11) is 1.64. The maximum absolute atomic E-state index is 14.8. The predicted octanol–water partition coefficient (Wildman–Crippen LogP) is 2.76. The predicted molar refractivity (Wildman–Crippen MR) is 107 cm³/mol. The number of ether oxygens (including phenoxy) is 1. The van der Waals surface area contributed by atoms with Gasteiger partial charge in [-0.05, 0) is 29.5 Å². The Balaban J connectivity index is 1.49. The molecule has 31 heavy (non-hydrogen) atoms. The minimum absolute atomic E-state index is 0.00979. The second-order valence-electron chi connectivity index (χ2n) is 6.56. The van der Waals surface area contributed by atoms with Gasteiger partial charge in [0.15, 0.2) is 0 Å². The Kier molecular flexibility index (Phi) is 5.71. The van der Waals surface area contributed by atoms with E-state index >= 15 is 0 Å². The van der Waals surface area contributed by atoms with Crippen LogP contribution in [0.4, 0.5) is 14.9 Å². The summed E-state index contributed by atoms with van der Waals surface area (Å²) >= 11 is 5.11. The van der Waals surface area contributed by atoms with Crippen molar-refractivity contribution < 1.29 is 27.9 Å². The number of carbonyl (C=O) groups excluding carboxylic acids is 1. The van der Waals surface area contributed by atoms with Crippen LogP contribution in [0.15, 0.2) is 36.5 Å². The van der Waals surface area contributed by atoms with E-state index in [0.717, 1.165) is 0 Å². The summed E-state index contributed by atoms with van der Waals surface area (Å²) in [6.45, 7) is -4.57. The Hall–Kier alpha value is -2.92. The van der Waals surface area contributed by atoms with E-state index in [1.807, 2.05) is 0 Å². The molecule has 0 spiro atoms. The van der Waals surface area contributed by atoms with Gasteiger partial charge >= 0.3 is 13.0 Å². The molecule has 4 rings (SSSR count). The molecule has 2 aromatic heterocycles. The lowest BCUT2D eigenvalue weighted by Gasteiger charge is -2.14. The minimum Gasteiger partial charge on any atom is -0.441 e. The molecule has 0 aliphatic carbocycles. The highest BCUT2D eigenvalue weighted by Crippen LogP contribution is 2.47. The van der Waals surface area contributed by atoms with Gasteiger partial charge in [-0.1, -0.05) is 6.07 Å². The van der Waals surface area contributed by atoms with E-state index in [1.165, 1.54) is 28.0 Å². The molecular weight excluding hydrogens is 454 g/mol. The highest BCUT2D eigenvalue weighted by atomic mass is 35.7. The van der Waals surface area contributed by atoms with Gasteiger partial charge in [0.1, 0.15) is 17.6 Å². The number of anilines is 1. The molecule has 1 N–H and O–H groups in total. The van der Waals surface area contributed by atoms with Crippen LogP contribution in [0, 0.1) is 5.82 Å². The summed E-state index contributed by atoms with van der Waals surface area (Å²) < 4.78 is 35.4. The second kappa shape index (κ2) is 8.31. The number of aryl methyl sites for hydroxylation is 1. The lowest BCUT2D eigenvalue weighted by Crippen LogP contribution is -2.25. The summed E-state index contributed by atoms with van der Waals surface area (Å²) in [5, 5.41) is 11.7. The summed E-state index contributed by atoms with van der Waals surface area (Å²) in [5.74, 6) is -0.222. The van der Waals surface area contributed by atoms with Crippen molar-refractivity contribution in [1.82, 2.24) is 25.2 Å². The number of rotatable bonds is 6. The molecule has 0 radical (unpaired) electrons. The van der Waals surface area contributed by atoms with Crippen LogP contribution in [0.1, 0.15) is 0 Å². The van der Waals surface area contributed by atoms with Crippen LogP contribution in [0.25, 0.3) is 22.6 Å². The van der Waals surface area contributed by atoms with Gasteiger partial charge in [-0.15, -0.1) is 10.2 Å². The first-order valence-corrected chi connectivity index (χ1v) is 11.3. The first-order valence-electron chi connectivity index (χ1n) is 8.85. The van der Waals surface area contributed by atoms with E-state index in [9.17, 15) is 13.8 Å². The van der Waals surface area contributed by atoms with Gasteiger partial charge in [-0.3, -0.25) is 14.4 Å². The van der Waals surface area contributed by atoms with Crippen molar-refractivity contribution >= 4 is 30.0 Å². The topological polar surface area (TPSA) is 133 Å². The third-order valence-corrected chi connectivity index (χ3v) is 5.13. The fraction of sp³-hybridized carbons (Fsp3) is 0.235. The summed E-state index contributed by atoms with van der Waals surface area (Å²) in [6, 6.07) is 7.59. The molecule has 1 amide bonds. The average molecular weight is 469 g/mol. The van der Waals surface area contributed by atoms with Crippen LogP contribution in [0.2, 0.25) is 0 Å². The number of nitrogens with zero attached hydrogens (tertiary/aromatic N) is 6. The molecule has 2 atom stereocenters. The van der Waals surface area contributed by atoms with Crippen molar-refractivity contribution in [2.75, 3.05) is 18.1 Å². The molecule has 14 heteroatoms. The standard InChI is InChI=1S/C17H15ClFN6O5P/c1-24-22-16(21-23-24)15-5-2-10(7-20-15)13-4-3-11(6-14(13)19)25-8-12(30-17(25)26)9-29-31(18,27)28/h2-7,12H,8-9H2,1H3,(H,27,28)/t12-/m1/s1. The first kappa shape index (κ1) is 21.3. The average Bonchev–Trinajstić information content (AvgIpc) is 3.31. The second-order valence-corrected chi connectivity index (χ2v) is 9.01. The number of pyridine rings is 1. The number of cyclic esters (lactones) is 1. The van der Waals surface area contributed by atoms with Gasteiger partial charge in [-0.2, -0.15) is 4.80 Å². The molecule has 11 nitrogen and oxygen atoms in total. The molecule has 3 aromatic rings. The van der Waals surface area contributed by atoms with Gasteiger partial charge in [-0.25, -0.2) is 13.8 Å². The lowest BCUT2D eigenvalue weighted by molar-refractivity contribution is 0.102. The van der Waals surface area contributed by atoms with Crippen molar-refractivity contribution in [1.29, 1.82) is 0 Å². The number of hydrogen-bond acceptors (Lipinski definition) is 8. The first-order chi connectivity index (χ1) is 14.7. The molecule has 0 bridgehead atoms. The van der Waals surface area contributed by atoms with Gasteiger partial charge in [0, 0.05) is 28.6 Å². The van der Waals surface area contributed by atoms with E-state index in [-0.39, 0.29) is 24.4 Å². The zero-order chi connectivity index (χ0) is 22.2. The third kappa shape index (κ3) is 4.88. The normalized spacial score (nSPS) is 18.1. The molecule has 1 saturated heterocycles. The lowest BCUT2D eigenvalue weighted by atomic mass is 10.1. The Labute approximate surface area is 179 Å². The number of amides is 1. The minimum atomic E-state index is -4.22. The van der Waals surface area contributed by atoms with Crippen molar-refractivity contribution in [3.63, 3.8) is 0 Å². The third-order valence-electron chi connectivity index (χ3n) is 4.37. The highest BCUT2D eigenvalue weighted by molar-refractivity contribution is 7.80. The zero-order valence-corrected chi connectivity index (χ0v) is 17.6. The fourth-order valence-electron chi connectivity index (χ4n) is 2.97. The fourth-order valence-corrected chi connectivity index (χ4v) is 3.49. The molecule has 1 aliphatic rings. The Morgan fingerprint density at radius 3 is 2.81 bits per heavy atom. The van der Waals surface area contributed by atoms with Crippen LogP contribution in [-0.2, 0) is 20.9 Å². The highest BCUT2D eigenvalue weighted by Gasteiger charge is 2.34. The SMILES string of the molecule is Cn1nnc(-c2ccc(-c3ccc(N4C[C@H](COP(=O)(O)Cl)OC4=O)cc3F)cn2)n1. The van der Waals surface area contributed by atoms with Gasteiger partial charge in [0.05, 0.1) is 25.9 Å². The summed E-state index contributed by atoms with van der Waals surface area (Å²) in [4.78, 5) is 27.8. The number of tetrazole rings is 1. The molecule has 1 aromatic carbocycles. The molecule has 3 heterocycles. The van der Waals surface area contributed by atoms with E-state index < -0.39 is 25.0 Å². The van der Waals surface area contributed by atoms with E-state index in [1.54, 1.807) is 25.2 Å². The number of aromatic nitrogens is 5. The maximum atomic E-state index is 14.8. The monoisotopic (exact) mass is 468 g/mol. The molecule has 1 aliphatic heterocycles. The van der Waals surface area contributed by atoms with Crippen LogP contribution >= 0.6 is 18.2 Å². The number of benzene rings is 1. The van der Waals surface area contributed by atoms with Gasteiger partial charge < -0.3 is 9.63 Å². The summed E-state index contributed by atoms with van der Waals surface area (Å²) in [6.07, 6.45) is -0.0628. The van der Waals surface area contributed by atoms with Crippen molar-refractivity contribution in [3.8, 4) is 22.6 Å². The zero-order valence-electron chi connectivity index (χ0n) is 15.9. The van der Waals surface area contributed by atoms with Crippen molar-refractivity contribution in [2.24, 2.45) is 7.05 Å². The molecular formula is C17H15ClFN6O5P. The molecule has 162 valence electrons. The van der Waals surface area contributed by atoms with Crippen LogP contribution < -0.4 is 4.90 Å². The summed E-state index contributed by atoms with van der Waals surface area (Å²) in [5.41, 5.74) is 1.56. The Bertz CT molecular complexity index is 1170. The van der Waals surface area contributed by atoms with Crippen molar-refractivity contribution in [3.05, 3.63) is 42.3 Å². The quantitative estimate of drug-likeness (QED) is 0.542. The Morgan fingerprint density at radius 1 is 1.39 bits per heavy atom. The smallest absolute Gasteiger partial charge is 0.421 e. The number of hydrogen-bond donors (Lipinski definition) is 1. The van der Waals surface area contributed by atoms with E-state index in [2.05, 4.69) is 24.9 Å².